The summed E-state index contributed by atoms with van der Waals surface area (Å²) in [5.74, 6) is 0.169. The summed E-state index contributed by atoms with van der Waals surface area (Å²) >= 11 is 0. The van der Waals surface area contributed by atoms with Gasteiger partial charge in [-0.15, -0.1) is 0 Å². The molecule has 0 amide bonds. The normalized spacial score (nSPS) is 9.88. The van der Waals surface area contributed by atoms with Crippen molar-refractivity contribution in [3.8, 4) is 5.75 Å². The van der Waals surface area contributed by atoms with Gasteiger partial charge in [-0.25, -0.2) is 4.79 Å². The lowest BCUT2D eigenvalue weighted by atomic mass is 10.3. The first kappa shape index (κ1) is 12.4. The lowest BCUT2D eigenvalue weighted by Crippen LogP contribution is -2.14. The van der Waals surface area contributed by atoms with E-state index in [2.05, 4.69) is 4.98 Å². The van der Waals surface area contributed by atoms with Gasteiger partial charge in [-0.2, -0.15) is 0 Å². The molecule has 0 radical (unpaired) electrons. The zero-order valence-corrected chi connectivity index (χ0v) is 9.31. The number of aromatic nitrogens is 1. The lowest BCUT2D eigenvalue weighted by molar-refractivity contribution is -0.145. The molecule has 0 saturated carbocycles. The van der Waals surface area contributed by atoms with E-state index in [9.17, 15) is 4.79 Å². The molecule has 0 fully saturated rings. The van der Waals surface area contributed by atoms with Gasteiger partial charge in [0.05, 0.1) is 12.8 Å². The SMILES string of the molecule is CCOC(=O)COc1ccc(CCN)nc1. The summed E-state index contributed by atoms with van der Waals surface area (Å²) < 4.78 is 9.91. The Balaban J connectivity index is 2.40. The number of esters is 1. The summed E-state index contributed by atoms with van der Waals surface area (Å²) in [5, 5.41) is 0. The molecule has 0 aromatic carbocycles. The van der Waals surface area contributed by atoms with Crippen LogP contribution in [0.25, 0.3) is 0 Å². The number of pyridine rings is 1. The van der Waals surface area contributed by atoms with Crippen molar-refractivity contribution in [3.05, 3.63) is 24.0 Å². The number of carbonyl (C=O) groups excluding carboxylic acids is 1. The average molecular weight is 224 g/mol. The quantitative estimate of drug-likeness (QED) is 0.713. The highest BCUT2D eigenvalue weighted by Gasteiger charge is 2.03. The summed E-state index contributed by atoms with van der Waals surface area (Å²) in [6.07, 6.45) is 2.31. The minimum Gasteiger partial charge on any atom is -0.480 e. The second-order valence-corrected chi connectivity index (χ2v) is 3.12. The van der Waals surface area contributed by atoms with Crippen LogP contribution in [0.2, 0.25) is 0 Å². The molecule has 0 aliphatic heterocycles. The Kier molecular flexibility index (Phi) is 5.28. The molecule has 88 valence electrons. The van der Waals surface area contributed by atoms with Gasteiger partial charge in [0.1, 0.15) is 5.75 Å². The third-order valence-corrected chi connectivity index (χ3v) is 1.86. The molecule has 1 rings (SSSR count). The molecule has 0 saturated heterocycles. The smallest absolute Gasteiger partial charge is 0.344 e. The van der Waals surface area contributed by atoms with Gasteiger partial charge >= 0.3 is 5.97 Å². The maximum Gasteiger partial charge on any atom is 0.344 e. The first-order chi connectivity index (χ1) is 7.76. The fourth-order valence-corrected chi connectivity index (χ4v) is 1.14. The van der Waals surface area contributed by atoms with Crippen molar-refractivity contribution < 1.29 is 14.3 Å². The van der Waals surface area contributed by atoms with E-state index in [0.29, 0.717) is 18.9 Å². The van der Waals surface area contributed by atoms with E-state index >= 15 is 0 Å². The van der Waals surface area contributed by atoms with Crippen molar-refractivity contribution in [3.63, 3.8) is 0 Å². The van der Waals surface area contributed by atoms with E-state index in [1.807, 2.05) is 6.07 Å². The van der Waals surface area contributed by atoms with Crippen LogP contribution in [-0.4, -0.2) is 30.7 Å². The lowest BCUT2D eigenvalue weighted by Gasteiger charge is -2.05. The van der Waals surface area contributed by atoms with Crippen LogP contribution in [-0.2, 0) is 16.0 Å². The van der Waals surface area contributed by atoms with Gasteiger partial charge in [0.25, 0.3) is 0 Å². The van der Waals surface area contributed by atoms with Crippen LogP contribution in [0.1, 0.15) is 12.6 Å². The Morgan fingerprint density at radius 3 is 2.88 bits per heavy atom. The molecule has 1 aromatic heterocycles. The van der Waals surface area contributed by atoms with Gasteiger partial charge < -0.3 is 15.2 Å². The molecule has 2 N–H and O–H groups in total. The summed E-state index contributed by atoms with van der Waals surface area (Å²) in [6, 6.07) is 3.59. The standard InChI is InChI=1S/C11H16N2O3/c1-2-15-11(14)8-16-10-4-3-9(5-6-12)13-7-10/h3-4,7H,2,5-6,8,12H2,1H3. The molecule has 1 heterocycles. The van der Waals surface area contributed by atoms with Crippen molar-refractivity contribution in [2.24, 2.45) is 5.73 Å². The Hall–Kier alpha value is -1.62. The van der Waals surface area contributed by atoms with Gasteiger partial charge in [0.15, 0.2) is 6.61 Å². The number of nitrogens with zero attached hydrogens (tertiary/aromatic N) is 1. The molecule has 16 heavy (non-hydrogen) atoms. The van der Waals surface area contributed by atoms with Gasteiger partial charge in [-0.05, 0) is 25.6 Å². The minimum absolute atomic E-state index is 0.0915. The first-order valence-corrected chi connectivity index (χ1v) is 5.19. The molecular weight excluding hydrogens is 208 g/mol. The molecule has 5 heteroatoms. The topological polar surface area (TPSA) is 74.4 Å². The molecule has 1 aromatic rings. The zero-order valence-electron chi connectivity index (χ0n) is 9.31. The number of hydrogen-bond donors (Lipinski definition) is 1. The molecular formula is C11H16N2O3. The van der Waals surface area contributed by atoms with E-state index in [4.69, 9.17) is 15.2 Å². The Bertz CT molecular complexity index is 325. The Labute approximate surface area is 94.6 Å². The number of ether oxygens (including phenoxy) is 2. The third kappa shape index (κ3) is 4.27. The first-order valence-electron chi connectivity index (χ1n) is 5.19. The van der Waals surface area contributed by atoms with Crippen LogP contribution in [0.15, 0.2) is 18.3 Å². The van der Waals surface area contributed by atoms with Crippen molar-refractivity contribution in [2.75, 3.05) is 19.8 Å². The Morgan fingerprint density at radius 1 is 1.50 bits per heavy atom. The zero-order chi connectivity index (χ0) is 11.8. The van der Waals surface area contributed by atoms with Crippen molar-refractivity contribution >= 4 is 5.97 Å². The number of carbonyl (C=O) groups is 1. The number of hydrogen-bond acceptors (Lipinski definition) is 5. The van der Waals surface area contributed by atoms with Crippen LogP contribution in [0.4, 0.5) is 0 Å². The van der Waals surface area contributed by atoms with Crippen LogP contribution < -0.4 is 10.5 Å². The van der Waals surface area contributed by atoms with E-state index < -0.39 is 0 Å². The number of nitrogens with two attached hydrogens (primary N) is 1. The highest BCUT2D eigenvalue weighted by Crippen LogP contribution is 2.09. The summed E-state index contributed by atoms with van der Waals surface area (Å²) in [4.78, 5) is 15.1. The highest BCUT2D eigenvalue weighted by atomic mass is 16.6. The van der Waals surface area contributed by atoms with E-state index in [1.54, 1.807) is 19.2 Å². The molecule has 5 nitrogen and oxygen atoms in total. The second-order valence-electron chi connectivity index (χ2n) is 3.12. The predicted octanol–water partition coefficient (Wildman–Crippen LogP) is 0.525. The van der Waals surface area contributed by atoms with Crippen LogP contribution >= 0.6 is 0 Å². The predicted molar refractivity (Wildman–Crippen MR) is 59.1 cm³/mol. The average Bonchev–Trinajstić information content (AvgIpc) is 2.29. The summed E-state index contributed by atoms with van der Waals surface area (Å²) in [7, 11) is 0. The van der Waals surface area contributed by atoms with Gasteiger partial charge in [-0.1, -0.05) is 0 Å². The fourth-order valence-electron chi connectivity index (χ4n) is 1.14. The number of rotatable bonds is 6. The van der Waals surface area contributed by atoms with E-state index in [0.717, 1.165) is 12.1 Å². The Morgan fingerprint density at radius 2 is 2.31 bits per heavy atom. The summed E-state index contributed by atoms with van der Waals surface area (Å²) in [5.41, 5.74) is 6.31. The second kappa shape index (κ2) is 6.79. The van der Waals surface area contributed by atoms with E-state index in [1.165, 1.54) is 0 Å². The monoisotopic (exact) mass is 224 g/mol. The molecule has 0 atom stereocenters. The maximum absolute atomic E-state index is 11.0. The van der Waals surface area contributed by atoms with Crippen LogP contribution in [0, 0.1) is 0 Å². The third-order valence-electron chi connectivity index (χ3n) is 1.86. The molecule has 0 aliphatic carbocycles. The minimum atomic E-state index is -0.381. The highest BCUT2D eigenvalue weighted by molar-refractivity contribution is 5.71. The van der Waals surface area contributed by atoms with Gasteiger partial charge in [-0.3, -0.25) is 4.98 Å². The molecule has 0 bridgehead atoms. The van der Waals surface area contributed by atoms with Gasteiger partial charge in [0.2, 0.25) is 0 Å². The fraction of sp³-hybridized carbons (Fsp3) is 0.455. The van der Waals surface area contributed by atoms with Crippen molar-refractivity contribution in [2.45, 2.75) is 13.3 Å². The van der Waals surface area contributed by atoms with E-state index in [-0.39, 0.29) is 12.6 Å². The van der Waals surface area contributed by atoms with Crippen molar-refractivity contribution in [1.29, 1.82) is 0 Å². The van der Waals surface area contributed by atoms with Crippen LogP contribution in [0.3, 0.4) is 0 Å². The van der Waals surface area contributed by atoms with Gasteiger partial charge in [0, 0.05) is 12.1 Å². The maximum atomic E-state index is 11.0. The molecule has 0 spiro atoms. The van der Waals surface area contributed by atoms with Crippen LogP contribution in [0.5, 0.6) is 5.75 Å². The molecule has 0 unspecified atom stereocenters. The largest absolute Gasteiger partial charge is 0.480 e. The van der Waals surface area contributed by atoms with Crippen molar-refractivity contribution in [1.82, 2.24) is 4.98 Å². The summed E-state index contributed by atoms with van der Waals surface area (Å²) in [6.45, 7) is 2.58. The molecule has 0 aliphatic rings.